The molecule has 0 saturated heterocycles. The van der Waals surface area contributed by atoms with E-state index in [1.165, 1.54) is 5.56 Å². The number of methoxy groups -OCH3 is 2. The molecule has 0 bridgehead atoms. The number of aryl methyl sites for hydroxylation is 1. The van der Waals surface area contributed by atoms with Gasteiger partial charge in [0.15, 0.2) is 11.5 Å². The Bertz CT molecular complexity index is 556. The molecule has 1 N–H and O–H groups in total. The Hall–Kier alpha value is -2.23. The third-order valence-electron chi connectivity index (χ3n) is 2.86. The van der Waals surface area contributed by atoms with E-state index < -0.39 is 0 Å². The third-order valence-corrected chi connectivity index (χ3v) is 2.86. The zero-order valence-electron chi connectivity index (χ0n) is 11.4. The normalized spacial score (nSPS) is 10.1. The van der Waals surface area contributed by atoms with Gasteiger partial charge in [0, 0.05) is 18.3 Å². The molecule has 2 rings (SSSR count). The smallest absolute Gasteiger partial charge is 0.165 e. The molecule has 0 aliphatic heterocycles. The van der Waals surface area contributed by atoms with Crippen LogP contribution in [0.15, 0.2) is 36.5 Å². The summed E-state index contributed by atoms with van der Waals surface area (Å²) < 4.78 is 10.7. The summed E-state index contributed by atoms with van der Waals surface area (Å²) in [5.74, 6) is 2.34. The van der Waals surface area contributed by atoms with Crippen LogP contribution in [0.3, 0.4) is 0 Å². The van der Waals surface area contributed by atoms with Gasteiger partial charge in [0.2, 0.25) is 0 Å². The van der Waals surface area contributed by atoms with Gasteiger partial charge in [0.25, 0.3) is 0 Å². The van der Waals surface area contributed by atoms with Crippen LogP contribution in [0, 0.1) is 6.92 Å². The molecule has 0 atom stereocenters. The molecule has 0 aliphatic carbocycles. The highest BCUT2D eigenvalue weighted by Gasteiger charge is 2.09. The fourth-order valence-electron chi connectivity index (χ4n) is 1.91. The third kappa shape index (κ3) is 3.16. The molecule has 2 aromatic rings. The monoisotopic (exact) mass is 258 g/mol. The maximum Gasteiger partial charge on any atom is 0.165 e. The quantitative estimate of drug-likeness (QED) is 0.895. The van der Waals surface area contributed by atoms with E-state index in [9.17, 15) is 0 Å². The van der Waals surface area contributed by atoms with Crippen molar-refractivity contribution in [3.8, 4) is 11.5 Å². The lowest BCUT2D eigenvalue weighted by Gasteiger charge is -2.13. The van der Waals surface area contributed by atoms with Gasteiger partial charge in [-0.05, 0) is 30.7 Å². The van der Waals surface area contributed by atoms with Crippen LogP contribution in [-0.4, -0.2) is 19.2 Å². The molecule has 0 amide bonds. The molecule has 4 nitrogen and oxygen atoms in total. The number of rotatable bonds is 5. The Labute approximate surface area is 113 Å². The predicted octanol–water partition coefficient (Wildman–Crippen LogP) is 3.02. The molecule has 100 valence electrons. The second-order valence-electron chi connectivity index (χ2n) is 4.22. The molecule has 0 saturated carbocycles. The Morgan fingerprint density at radius 3 is 2.68 bits per heavy atom. The number of anilines is 1. The predicted molar refractivity (Wildman–Crippen MR) is 75.8 cm³/mol. The second kappa shape index (κ2) is 6.09. The van der Waals surface area contributed by atoms with Gasteiger partial charge in [-0.2, -0.15) is 0 Å². The molecule has 1 aromatic carbocycles. The summed E-state index contributed by atoms with van der Waals surface area (Å²) in [4.78, 5) is 4.27. The van der Waals surface area contributed by atoms with E-state index in [0.717, 1.165) is 22.9 Å². The van der Waals surface area contributed by atoms with Crippen molar-refractivity contribution in [1.82, 2.24) is 4.98 Å². The number of nitrogens with zero attached hydrogens (tertiary/aromatic N) is 1. The average Bonchev–Trinajstić information content (AvgIpc) is 2.44. The zero-order valence-corrected chi connectivity index (χ0v) is 11.4. The molecule has 0 unspecified atom stereocenters. The van der Waals surface area contributed by atoms with Gasteiger partial charge in [-0.1, -0.05) is 12.1 Å². The van der Waals surface area contributed by atoms with Crippen LogP contribution < -0.4 is 14.8 Å². The Balaban J connectivity index is 2.15. The van der Waals surface area contributed by atoms with E-state index in [1.54, 1.807) is 20.4 Å². The largest absolute Gasteiger partial charge is 0.493 e. The molecule has 0 aliphatic rings. The number of benzene rings is 1. The van der Waals surface area contributed by atoms with Crippen molar-refractivity contribution < 1.29 is 9.47 Å². The number of hydrogen-bond donors (Lipinski definition) is 1. The molecular formula is C15H18N2O2. The summed E-state index contributed by atoms with van der Waals surface area (Å²) in [7, 11) is 3.28. The first-order valence-corrected chi connectivity index (χ1v) is 6.11. The van der Waals surface area contributed by atoms with Crippen LogP contribution in [0.4, 0.5) is 5.82 Å². The van der Waals surface area contributed by atoms with Crippen molar-refractivity contribution in [3.05, 3.63) is 47.7 Å². The highest BCUT2D eigenvalue weighted by Crippen LogP contribution is 2.30. The van der Waals surface area contributed by atoms with Gasteiger partial charge in [-0.3, -0.25) is 0 Å². The summed E-state index contributed by atoms with van der Waals surface area (Å²) in [6.07, 6.45) is 1.79. The molecule has 19 heavy (non-hydrogen) atoms. The van der Waals surface area contributed by atoms with Gasteiger partial charge in [-0.15, -0.1) is 0 Å². The highest BCUT2D eigenvalue weighted by molar-refractivity contribution is 5.48. The first-order chi connectivity index (χ1) is 9.24. The molecule has 0 fully saturated rings. The summed E-state index contributed by atoms with van der Waals surface area (Å²) in [5, 5.41) is 3.28. The number of nitrogens with one attached hydrogen (secondary N) is 1. The highest BCUT2D eigenvalue weighted by atomic mass is 16.5. The van der Waals surface area contributed by atoms with E-state index in [4.69, 9.17) is 9.47 Å². The molecule has 1 heterocycles. The molecule has 0 radical (unpaired) electrons. The maximum atomic E-state index is 5.39. The van der Waals surface area contributed by atoms with Crippen LogP contribution >= 0.6 is 0 Å². The van der Waals surface area contributed by atoms with Crippen LogP contribution in [0.5, 0.6) is 11.5 Å². The van der Waals surface area contributed by atoms with Crippen molar-refractivity contribution in [2.24, 2.45) is 0 Å². The van der Waals surface area contributed by atoms with Crippen LogP contribution in [0.2, 0.25) is 0 Å². The van der Waals surface area contributed by atoms with Gasteiger partial charge in [0.1, 0.15) is 5.82 Å². The minimum atomic E-state index is 0.636. The Morgan fingerprint density at radius 1 is 1.16 bits per heavy atom. The van der Waals surface area contributed by atoms with E-state index in [0.29, 0.717) is 6.54 Å². The number of aromatic nitrogens is 1. The van der Waals surface area contributed by atoms with Crippen molar-refractivity contribution in [2.75, 3.05) is 19.5 Å². The van der Waals surface area contributed by atoms with Crippen molar-refractivity contribution >= 4 is 5.82 Å². The Morgan fingerprint density at radius 2 is 2.00 bits per heavy atom. The van der Waals surface area contributed by atoms with E-state index in [1.807, 2.05) is 37.3 Å². The van der Waals surface area contributed by atoms with Crippen molar-refractivity contribution in [2.45, 2.75) is 13.5 Å². The van der Waals surface area contributed by atoms with E-state index in [-0.39, 0.29) is 0 Å². The topological polar surface area (TPSA) is 43.4 Å². The standard InChI is InChI=1S/C15H18N2O2/c1-11-7-8-16-14(9-11)17-10-12-5-4-6-13(18-2)15(12)19-3/h4-9H,10H2,1-3H3,(H,16,17). The summed E-state index contributed by atoms with van der Waals surface area (Å²) in [5.41, 5.74) is 2.21. The Kier molecular flexibility index (Phi) is 4.23. The number of hydrogen-bond acceptors (Lipinski definition) is 4. The van der Waals surface area contributed by atoms with Gasteiger partial charge in [-0.25, -0.2) is 4.98 Å². The molecular weight excluding hydrogens is 240 g/mol. The maximum absolute atomic E-state index is 5.39. The number of pyridine rings is 1. The number of ether oxygens (including phenoxy) is 2. The lowest BCUT2D eigenvalue weighted by atomic mass is 10.2. The van der Waals surface area contributed by atoms with Crippen molar-refractivity contribution in [1.29, 1.82) is 0 Å². The van der Waals surface area contributed by atoms with Gasteiger partial charge in [0.05, 0.1) is 14.2 Å². The van der Waals surface area contributed by atoms with Gasteiger partial charge >= 0.3 is 0 Å². The SMILES string of the molecule is COc1cccc(CNc2cc(C)ccn2)c1OC. The van der Waals surface area contributed by atoms with Crippen molar-refractivity contribution in [3.63, 3.8) is 0 Å². The van der Waals surface area contributed by atoms with E-state index >= 15 is 0 Å². The average molecular weight is 258 g/mol. The lowest BCUT2D eigenvalue weighted by Crippen LogP contribution is -2.04. The van der Waals surface area contributed by atoms with Crippen LogP contribution in [0.25, 0.3) is 0 Å². The zero-order chi connectivity index (χ0) is 13.7. The molecule has 4 heteroatoms. The summed E-state index contributed by atoms with van der Waals surface area (Å²) >= 11 is 0. The minimum Gasteiger partial charge on any atom is -0.493 e. The first kappa shape index (κ1) is 13.2. The van der Waals surface area contributed by atoms with Crippen LogP contribution in [0.1, 0.15) is 11.1 Å². The van der Waals surface area contributed by atoms with Crippen LogP contribution in [-0.2, 0) is 6.54 Å². The molecule has 0 spiro atoms. The van der Waals surface area contributed by atoms with Gasteiger partial charge < -0.3 is 14.8 Å². The fourth-order valence-corrected chi connectivity index (χ4v) is 1.91. The summed E-state index contributed by atoms with van der Waals surface area (Å²) in [6, 6.07) is 9.81. The molecule has 1 aromatic heterocycles. The number of para-hydroxylation sites is 1. The first-order valence-electron chi connectivity index (χ1n) is 6.11. The second-order valence-corrected chi connectivity index (χ2v) is 4.22. The fraction of sp³-hybridized carbons (Fsp3) is 0.267. The lowest BCUT2D eigenvalue weighted by molar-refractivity contribution is 0.352. The van der Waals surface area contributed by atoms with E-state index in [2.05, 4.69) is 10.3 Å². The minimum absolute atomic E-state index is 0.636. The summed E-state index contributed by atoms with van der Waals surface area (Å²) in [6.45, 7) is 2.68.